The number of nitrogens with one attached hydrogen (secondary N) is 1. The monoisotopic (exact) mass is 398 g/mol. The summed E-state index contributed by atoms with van der Waals surface area (Å²) in [5.74, 6) is 0.645. The second-order valence-corrected chi connectivity index (χ2v) is 6.62. The Kier molecular flexibility index (Phi) is 6.86. The van der Waals surface area contributed by atoms with Crippen molar-refractivity contribution < 1.29 is 14.3 Å². The standard InChI is InChI=1S/C25H22N2O3/c1-18-8-6-7-11-22(18)27-25(28)21(16-26)14-20-12-13-23(29-2)24(15-20)30-17-19-9-4-3-5-10-19/h3-15H,17H2,1-2H3,(H,27,28)/b21-14-. The molecule has 0 heterocycles. The molecule has 0 atom stereocenters. The smallest absolute Gasteiger partial charge is 0.266 e. The van der Waals surface area contributed by atoms with Crippen LogP contribution in [0.1, 0.15) is 16.7 Å². The van der Waals surface area contributed by atoms with Crippen molar-refractivity contribution >= 4 is 17.7 Å². The number of hydrogen-bond donors (Lipinski definition) is 1. The third-order valence-corrected chi connectivity index (χ3v) is 4.49. The minimum absolute atomic E-state index is 0.00238. The van der Waals surface area contributed by atoms with Crippen LogP contribution in [0.4, 0.5) is 5.69 Å². The number of nitriles is 1. The van der Waals surface area contributed by atoms with Crippen molar-refractivity contribution in [1.82, 2.24) is 0 Å². The first kappa shape index (κ1) is 20.7. The van der Waals surface area contributed by atoms with Crippen LogP contribution >= 0.6 is 0 Å². The van der Waals surface area contributed by atoms with E-state index in [2.05, 4.69) is 5.32 Å². The fourth-order valence-corrected chi connectivity index (χ4v) is 2.85. The van der Waals surface area contributed by atoms with Gasteiger partial charge in [-0.25, -0.2) is 0 Å². The number of carbonyl (C=O) groups is 1. The maximum Gasteiger partial charge on any atom is 0.266 e. The highest BCUT2D eigenvalue weighted by atomic mass is 16.5. The molecular weight excluding hydrogens is 376 g/mol. The van der Waals surface area contributed by atoms with E-state index >= 15 is 0 Å². The van der Waals surface area contributed by atoms with E-state index in [0.29, 0.717) is 29.4 Å². The molecule has 150 valence electrons. The van der Waals surface area contributed by atoms with Crippen LogP contribution in [0.3, 0.4) is 0 Å². The Bertz CT molecular complexity index is 1100. The third kappa shape index (κ3) is 5.27. The van der Waals surface area contributed by atoms with Crippen molar-refractivity contribution in [1.29, 1.82) is 5.26 Å². The van der Waals surface area contributed by atoms with Gasteiger partial charge in [-0.15, -0.1) is 0 Å². The topological polar surface area (TPSA) is 71.3 Å². The number of amides is 1. The van der Waals surface area contributed by atoms with Gasteiger partial charge in [0, 0.05) is 5.69 Å². The quantitative estimate of drug-likeness (QED) is 0.442. The zero-order valence-electron chi connectivity index (χ0n) is 16.9. The summed E-state index contributed by atoms with van der Waals surface area (Å²) in [6.07, 6.45) is 1.53. The number of benzene rings is 3. The fourth-order valence-electron chi connectivity index (χ4n) is 2.85. The molecule has 0 spiro atoms. The zero-order chi connectivity index (χ0) is 21.3. The van der Waals surface area contributed by atoms with E-state index in [1.54, 1.807) is 31.4 Å². The van der Waals surface area contributed by atoms with Crippen LogP contribution in [0, 0.1) is 18.3 Å². The molecule has 30 heavy (non-hydrogen) atoms. The molecule has 0 bridgehead atoms. The number of nitrogens with zero attached hydrogens (tertiary/aromatic N) is 1. The highest BCUT2D eigenvalue weighted by Crippen LogP contribution is 2.30. The average Bonchev–Trinajstić information content (AvgIpc) is 2.78. The van der Waals surface area contributed by atoms with Crippen molar-refractivity contribution in [2.24, 2.45) is 0 Å². The SMILES string of the molecule is COc1ccc(/C=C(/C#N)C(=O)Nc2ccccc2C)cc1OCc1ccccc1. The summed E-state index contributed by atoms with van der Waals surface area (Å²) in [4.78, 5) is 12.6. The van der Waals surface area contributed by atoms with Crippen LogP contribution in [-0.2, 0) is 11.4 Å². The van der Waals surface area contributed by atoms with Crippen LogP contribution in [0.15, 0.2) is 78.4 Å². The van der Waals surface area contributed by atoms with Gasteiger partial charge in [0.05, 0.1) is 7.11 Å². The molecule has 0 aliphatic heterocycles. The van der Waals surface area contributed by atoms with Crippen molar-refractivity contribution in [3.8, 4) is 17.6 Å². The molecule has 1 amide bonds. The third-order valence-electron chi connectivity index (χ3n) is 4.49. The Morgan fingerprint density at radius 3 is 2.47 bits per heavy atom. The van der Waals surface area contributed by atoms with E-state index in [4.69, 9.17) is 9.47 Å². The van der Waals surface area contributed by atoms with Gasteiger partial charge < -0.3 is 14.8 Å². The first-order valence-electron chi connectivity index (χ1n) is 9.44. The summed E-state index contributed by atoms with van der Waals surface area (Å²) in [5.41, 5.74) is 3.28. The van der Waals surface area contributed by atoms with E-state index in [9.17, 15) is 10.1 Å². The van der Waals surface area contributed by atoms with E-state index in [1.165, 1.54) is 6.08 Å². The Labute approximate surface area is 176 Å². The second kappa shape index (κ2) is 9.94. The number of rotatable bonds is 7. The van der Waals surface area contributed by atoms with Gasteiger partial charge in [-0.1, -0.05) is 54.6 Å². The van der Waals surface area contributed by atoms with E-state index in [0.717, 1.165) is 11.1 Å². The molecule has 0 aliphatic rings. The summed E-state index contributed by atoms with van der Waals surface area (Å²) in [6, 6.07) is 24.4. The molecule has 0 aromatic heterocycles. The number of carbonyl (C=O) groups excluding carboxylic acids is 1. The molecule has 0 saturated heterocycles. The Morgan fingerprint density at radius 2 is 1.77 bits per heavy atom. The van der Waals surface area contributed by atoms with Crippen molar-refractivity contribution in [2.75, 3.05) is 12.4 Å². The van der Waals surface area contributed by atoms with Gasteiger partial charge >= 0.3 is 0 Å². The molecule has 0 fully saturated rings. The van der Waals surface area contributed by atoms with Gasteiger partial charge in [-0.05, 0) is 47.9 Å². The first-order chi connectivity index (χ1) is 14.6. The van der Waals surface area contributed by atoms with Gasteiger partial charge in [0.15, 0.2) is 11.5 Å². The minimum Gasteiger partial charge on any atom is -0.493 e. The Balaban J connectivity index is 1.81. The molecule has 5 heteroatoms. The summed E-state index contributed by atoms with van der Waals surface area (Å²) in [5, 5.41) is 12.3. The van der Waals surface area contributed by atoms with Crippen molar-refractivity contribution in [2.45, 2.75) is 13.5 Å². The van der Waals surface area contributed by atoms with Crippen LogP contribution in [0.5, 0.6) is 11.5 Å². The summed E-state index contributed by atoms with van der Waals surface area (Å²) in [6.45, 7) is 2.27. The van der Waals surface area contributed by atoms with Gasteiger partial charge in [-0.2, -0.15) is 5.26 Å². The molecule has 0 unspecified atom stereocenters. The maximum absolute atomic E-state index is 12.6. The van der Waals surface area contributed by atoms with Gasteiger partial charge in [0.25, 0.3) is 5.91 Å². The average molecular weight is 398 g/mol. The number of ether oxygens (including phenoxy) is 2. The lowest BCUT2D eigenvalue weighted by atomic mass is 10.1. The summed E-state index contributed by atoms with van der Waals surface area (Å²) < 4.78 is 11.3. The summed E-state index contributed by atoms with van der Waals surface area (Å²) in [7, 11) is 1.57. The Hall–Kier alpha value is -4.04. The highest BCUT2D eigenvalue weighted by molar-refractivity contribution is 6.10. The maximum atomic E-state index is 12.6. The van der Waals surface area contributed by atoms with Crippen LogP contribution in [0.25, 0.3) is 6.08 Å². The van der Waals surface area contributed by atoms with E-state index < -0.39 is 5.91 Å². The second-order valence-electron chi connectivity index (χ2n) is 6.62. The molecule has 3 rings (SSSR count). The van der Waals surface area contributed by atoms with Crippen LogP contribution in [-0.4, -0.2) is 13.0 Å². The van der Waals surface area contributed by atoms with Crippen molar-refractivity contribution in [3.63, 3.8) is 0 Å². The molecule has 1 N–H and O–H groups in total. The van der Waals surface area contributed by atoms with Crippen LogP contribution in [0.2, 0.25) is 0 Å². The number of methoxy groups -OCH3 is 1. The predicted octanol–water partition coefficient (Wildman–Crippen LogP) is 5.13. The summed E-state index contributed by atoms with van der Waals surface area (Å²) >= 11 is 0. The molecule has 5 nitrogen and oxygen atoms in total. The molecule has 0 aliphatic carbocycles. The highest BCUT2D eigenvalue weighted by Gasteiger charge is 2.12. The lowest BCUT2D eigenvalue weighted by Gasteiger charge is -2.12. The lowest BCUT2D eigenvalue weighted by Crippen LogP contribution is -2.14. The number of para-hydroxylation sites is 1. The van der Waals surface area contributed by atoms with Crippen molar-refractivity contribution in [3.05, 3.63) is 95.1 Å². The van der Waals surface area contributed by atoms with Crippen LogP contribution < -0.4 is 14.8 Å². The normalized spacial score (nSPS) is 10.8. The molecule has 0 radical (unpaired) electrons. The molecular formula is C25H22N2O3. The minimum atomic E-state index is -0.464. The molecule has 0 saturated carbocycles. The fraction of sp³-hybridized carbons (Fsp3) is 0.120. The number of anilines is 1. The largest absolute Gasteiger partial charge is 0.493 e. The predicted molar refractivity (Wildman–Crippen MR) is 117 cm³/mol. The lowest BCUT2D eigenvalue weighted by molar-refractivity contribution is -0.112. The molecule has 3 aromatic carbocycles. The first-order valence-corrected chi connectivity index (χ1v) is 9.44. The van der Waals surface area contributed by atoms with Gasteiger partial charge in [0.1, 0.15) is 18.2 Å². The number of hydrogen-bond acceptors (Lipinski definition) is 4. The van der Waals surface area contributed by atoms with Gasteiger partial charge in [0.2, 0.25) is 0 Å². The molecule has 3 aromatic rings. The Morgan fingerprint density at radius 1 is 1.03 bits per heavy atom. The van der Waals surface area contributed by atoms with Gasteiger partial charge in [-0.3, -0.25) is 4.79 Å². The van der Waals surface area contributed by atoms with E-state index in [1.807, 2.05) is 61.5 Å². The zero-order valence-corrected chi connectivity index (χ0v) is 16.9. The number of aryl methyl sites for hydroxylation is 1. The van der Waals surface area contributed by atoms with E-state index in [-0.39, 0.29) is 5.57 Å².